The molecule has 0 saturated heterocycles. The molecule has 0 aromatic carbocycles. The molecule has 2 heterocycles. The summed E-state index contributed by atoms with van der Waals surface area (Å²) in [5.74, 6) is 0. The van der Waals surface area contributed by atoms with Gasteiger partial charge in [0.1, 0.15) is 0 Å². The average Bonchev–Trinajstić information content (AvgIpc) is 3.07. The van der Waals surface area contributed by atoms with Crippen LogP contribution < -0.4 is 5.32 Å². The summed E-state index contributed by atoms with van der Waals surface area (Å²) in [5.41, 5.74) is 0. The maximum atomic E-state index is 5.94. The summed E-state index contributed by atoms with van der Waals surface area (Å²) in [4.78, 5) is 5.44. The van der Waals surface area contributed by atoms with E-state index >= 15 is 0 Å². The fourth-order valence-corrected chi connectivity index (χ4v) is 3.70. The Morgan fingerprint density at radius 2 is 2.44 bits per heavy atom. The number of rotatable bonds is 4. The summed E-state index contributed by atoms with van der Waals surface area (Å²) < 4.78 is 2.23. The largest absolute Gasteiger partial charge is 0.333 e. The van der Waals surface area contributed by atoms with Crippen LogP contribution in [0.15, 0.2) is 30.2 Å². The van der Waals surface area contributed by atoms with E-state index in [1.165, 1.54) is 24.1 Å². The van der Waals surface area contributed by atoms with Crippen molar-refractivity contribution in [1.29, 1.82) is 0 Å². The fourth-order valence-electron chi connectivity index (χ4n) is 2.68. The Morgan fingerprint density at radius 1 is 1.50 bits per heavy atom. The molecule has 2 aromatic heterocycles. The number of aromatic nitrogens is 2. The molecule has 3 nitrogen and oxygen atoms in total. The molecule has 1 saturated carbocycles. The average molecular weight is 282 g/mol. The standard InChI is InChI=1S/C13H16ClN3S/c14-10-6-11(18-8-10)7-16-12-2-1-3-13(12)17-5-4-15-9-17/h4-6,8-9,12-13,16H,1-3,7H2. The van der Waals surface area contributed by atoms with E-state index in [2.05, 4.69) is 21.1 Å². The number of nitrogens with zero attached hydrogens (tertiary/aromatic N) is 2. The summed E-state index contributed by atoms with van der Waals surface area (Å²) in [5, 5.41) is 6.48. The molecule has 3 rings (SSSR count). The Kier molecular flexibility index (Phi) is 3.68. The number of halogens is 1. The zero-order valence-electron chi connectivity index (χ0n) is 10.1. The minimum atomic E-state index is 0.542. The van der Waals surface area contributed by atoms with Crippen LogP contribution in [0.4, 0.5) is 0 Å². The lowest BCUT2D eigenvalue weighted by molar-refractivity contribution is 0.391. The summed E-state index contributed by atoms with van der Waals surface area (Å²) in [6, 6.07) is 3.13. The van der Waals surface area contributed by atoms with E-state index in [4.69, 9.17) is 11.6 Å². The van der Waals surface area contributed by atoms with Crippen molar-refractivity contribution in [2.45, 2.75) is 37.9 Å². The van der Waals surface area contributed by atoms with Gasteiger partial charge < -0.3 is 9.88 Å². The highest BCUT2D eigenvalue weighted by atomic mass is 35.5. The molecule has 0 spiro atoms. The Hall–Kier alpha value is -0.840. The van der Waals surface area contributed by atoms with Crippen molar-refractivity contribution >= 4 is 22.9 Å². The van der Waals surface area contributed by atoms with Gasteiger partial charge in [-0.2, -0.15) is 0 Å². The lowest BCUT2D eigenvalue weighted by Crippen LogP contribution is -2.32. The van der Waals surface area contributed by atoms with Gasteiger partial charge in [0, 0.05) is 41.3 Å². The molecule has 1 aliphatic carbocycles. The van der Waals surface area contributed by atoms with Crippen molar-refractivity contribution in [1.82, 2.24) is 14.9 Å². The molecule has 1 N–H and O–H groups in total. The van der Waals surface area contributed by atoms with Gasteiger partial charge in [-0.05, 0) is 25.3 Å². The van der Waals surface area contributed by atoms with E-state index in [0.29, 0.717) is 12.1 Å². The summed E-state index contributed by atoms with van der Waals surface area (Å²) in [6.07, 6.45) is 9.60. The third-order valence-corrected chi connectivity index (χ3v) is 4.83. The van der Waals surface area contributed by atoms with Crippen LogP contribution >= 0.6 is 22.9 Å². The molecule has 1 fully saturated rings. The molecule has 0 bridgehead atoms. The van der Waals surface area contributed by atoms with E-state index in [9.17, 15) is 0 Å². The van der Waals surface area contributed by atoms with E-state index in [0.717, 1.165) is 11.6 Å². The number of thiophene rings is 1. The van der Waals surface area contributed by atoms with E-state index < -0.39 is 0 Å². The highest BCUT2D eigenvalue weighted by Crippen LogP contribution is 2.30. The topological polar surface area (TPSA) is 29.9 Å². The van der Waals surface area contributed by atoms with Crippen molar-refractivity contribution < 1.29 is 0 Å². The zero-order valence-corrected chi connectivity index (χ0v) is 11.6. The first-order valence-corrected chi connectivity index (χ1v) is 7.52. The summed E-state index contributed by atoms with van der Waals surface area (Å²) in [6.45, 7) is 0.910. The zero-order chi connectivity index (χ0) is 12.4. The smallest absolute Gasteiger partial charge is 0.0949 e. The number of hydrogen-bond donors (Lipinski definition) is 1. The first-order valence-electron chi connectivity index (χ1n) is 6.26. The van der Waals surface area contributed by atoms with Crippen LogP contribution in [0.25, 0.3) is 0 Å². The minimum absolute atomic E-state index is 0.542. The van der Waals surface area contributed by atoms with Crippen LogP contribution in [0, 0.1) is 0 Å². The molecule has 96 valence electrons. The Balaban J connectivity index is 1.62. The number of imidazole rings is 1. The van der Waals surface area contributed by atoms with Crippen molar-refractivity contribution in [3.8, 4) is 0 Å². The van der Waals surface area contributed by atoms with Gasteiger partial charge in [0.05, 0.1) is 11.3 Å². The van der Waals surface area contributed by atoms with Crippen LogP contribution in [0.3, 0.4) is 0 Å². The van der Waals surface area contributed by atoms with Gasteiger partial charge in [0.15, 0.2) is 0 Å². The minimum Gasteiger partial charge on any atom is -0.333 e. The van der Waals surface area contributed by atoms with Crippen molar-refractivity contribution in [3.05, 3.63) is 40.1 Å². The van der Waals surface area contributed by atoms with Gasteiger partial charge in [-0.15, -0.1) is 11.3 Å². The van der Waals surface area contributed by atoms with E-state index in [-0.39, 0.29) is 0 Å². The Bertz CT molecular complexity index is 494. The van der Waals surface area contributed by atoms with Gasteiger partial charge in [0.25, 0.3) is 0 Å². The molecule has 0 aliphatic heterocycles. The molecule has 18 heavy (non-hydrogen) atoms. The summed E-state index contributed by atoms with van der Waals surface area (Å²) >= 11 is 7.65. The quantitative estimate of drug-likeness (QED) is 0.930. The van der Waals surface area contributed by atoms with Gasteiger partial charge in [-0.3, -0.25) is 0 Å². The summed E-state index contributed by atoms with van der Waals surface area (Å²) in [7, 11) is 0. The van der Waals surface area contributed by atoms with Crippen molar-refractivity contribution in [2.75, 3.05) is 0 Å². The molecule has 0 radical (unpaired) electrons. The SMILES string of the molecule is Clc1csc(CNC2CCCC2n2ccnc2)c1. The normalized spacial score (nSPS) is 23.6. The third-order valence-electron chi connectivity index (χ3n) is 3.55. The number of hydrogen-bond acceptors (Lipinski definition) is 3. The van der Waals surface area contributed by atoms with Crippen molar-refractivity contribution in [2.24, 2.45) is 0 Å². The van der Waals surface area contributed by atoms with Crippen LogP contribution in [0.5, 0.6) is 0 Å². The fraction of sp³-hybridized carbons (Fsp3) is 0.462. The third kappa shape index (κ3) is 2.60. The van der Waals surface area contributed by atoms with Crippen molar-refractivity contribution in [3.63, 3.8) is 0 Å². The first kappa shape index (κ1) is 12.2. The van der Waals surface area contributed by atoms with Crippen LogP contribution in [0.2, 0.25) is 5.02 Å². The highest BCUT2D eigenvalue weighted by Gasteiger charge is 2.27. The molecule has 0 amide bonds. The lowest BCUT2D eigenvalue weighted by Gasteiger charge is -2.21. The van der Waals surface area contributed by atoms with Gasteiger partial charge in [-0.1, -0.05) is 11.6 Å². The van der Waals surface area contributed by atoms with Gasteiger partial charge in [-0.25, -0.2) is 4.98 Å². The molecule has 2 atom stereocenters. The Morgan fingerprint density at radius 3 is 3.17 bits per heavy atom. The monoisotopic (exact) mass is 281 g/mol. The number of nitrogens with one attached hydrogen (secondary N) is 1. The van der Waals surface area contributed by atoms with Crippen LogP contribution in [-0.4, -0.2) is 15.6 Å². The van der Waals surface area contributed by atoms with E-state index in [1.54, 1.807) is 11.3 Å². The predicted octanol–water partition coefficient (Wildman–Crippen LogP) is 3.48. The van der Waals surface area contributed by atoms with Gasteiger partial charge in [0.2, 0.25) is 0 Å². The van der Waals surface area contributed by atoms with E-state index in [1.807, 2.05) is 24.0 Å². The molecular weight excluding hydrogens is 266 g/mol. The second-order valence-corrected chi connectivity index (χ2v) is 6.16. The second kappa shape index (κ2) is 5.43. The second-order valence-electron chi connectivity index (χ2n) is 4.73. The molecule has 1 aliphatic rings. The maximum Gasteiger partial charge on any atom is 0.0949 e. The first-order chi connectivity index (χ1) is 8.83. The molecular formula is C13H16ClN3S. The highest BCUT2D eigenvalue weighted by molar-refractivity contribution is 7.10. The van der Waals surface area contributed by atoms with Gasteiger partial charge >= 0.3 is 0 Å². The Labute approximate surface area is 116 Å². The van der Waals surface area contributed by atoms with Crippen LogP contribution in [0.1, 0.15) is 30.2 Å². The molecule has 2 aromatic rings. The molecule has 5 heteroatoms. The lowest BCUT2D eigenvalue weighted by atomic mass is 10.1. The maximum absolute atomic E-state index is 5.94. The predicted molar refractivity (Wildman–Crippen MR) is 75.1 cm³/mol. The van der Waals surface area contributed by atoms with Crippen LogP contribution in [-0.2, 0) is 6.54 Å². The molecule has 2 unspecified atom stereocenters.